The fourth-order valence-corrected chi connectivity index (χ4v) is 4.53. The lowest BCUT2D eigenvalue weighted by molar-refractivity contribution is -0.625. The highest BCUT2D eigenvalue weighted by Gasteiger charge is 2.24. The summed E-state index contributed by atoms with van der Waals surface area (Å²) in [5.41, 5.74) is 4.70. The molecule has 33 heavy (non-hydrogen) atoms. The Kier molecular flexibility index (Phi) is 7.58. The maximum atomic E-state index is 12.3. The number of carbonyl (C=O) groups is 1. The van der Waals surface area contributed by atoms with Crippen molar-refractivity contribution in [3.05, 3.63) is 87.3 Å². The summed E-state index contributed by atoms with van der Waals surface area (Å²) in [6.45, 7) is 0. The monoisotopic (exact) mass is 585 g/mol. The lowest BCUT2D eigenvalue weighted by Gasteiger charge is -2.09. The Morgan fingerprint density at radius 3 is 2.67 bits per heavy atom. The number of thioether (sulfide) groups is 1. The van der Waals surface area contributed by atoms with E-state index in [-0.39, 0.29) is 17.4 Å². The normalized spacial score (nSPS) is 11.1. The van der Waals surface area contributed by atoms with E-state index >= 15 is 0 Å². The van der Waals surface area contributed by atoms with E-state index in [0.29, 0.717) is 10.7 Å². The van der Waals surface area contributed by atoms with E-state index in [1.54, 1.807) is 12.1 Å². The Hall–Kier alpha value is -2.95. The van der Waals surface area contributed by atoms with Gasteiger partial charge in [0.25, 0.3) is 11.7 Å². The van der Waals surface area contributed by atoms with E-state index in [4.69, 9.17) is 0 Å². The van der Waals surface area contributed by atoms with Gasteiger partial charge in [0.1, 0.15) is 5.69 Å². The number of hydrazone groups is 1. The number of aromatic amines is 1. The molecule has 166 valence electrons. The van der Waals surface area contributed by atoms with Crippen molar-refractivity contribution in [1.82, 2.24) is 15.6 Å². The molecule has 1 aromatic heterocycles. The number of halogens is 2. The van der Waals surface area contributed by atoms with Crippen LogP contribution in [0, 0.1) is 0 Å². The molecule has 4 aromatic rings. The molecule has 0 aliphatic rings. The zero-order chi connectivity index (χ0) is 23.2. The first kappa shape index (κ1) is 23.2. The van der Waals surface area contributed by atoms with Crippen LogP contribution < -0.4 is 15.1 Å². The highest BCUT2D eigenvalue weighted by molar-refractivity contribution is 9.10. The molecule has 4 rings (SSSR count). The number of nitrogens with zero attached hydrogens (tertiary/aromatic N) is 3. The summed E-state index contributed by atoms with van der Waals surface area (Å²) in [6.07, 6.45) is 1.33. The maximum absolute atomic E-state index is 12.3. The van der Waals surface area contributed by atoms with Crippen LogP contribution in [0.5, 0.6) is 5.75 Å². The Labute approximate surface area is 211 Å². The number of benzene rings is 3. The number of amides is 1. The Morgan fingerprint density at radius 1 is 1.09 bits per heavy atom. The topological polar surface area (TPSA) is 97.1 Å². The van der Waals surface area contributed by atoms with Crippen LogP contribution in [0.25, 0.3) is 17.1 Å². The SMILES string of the molecule is O=C(CSc1n[nH]c(-c2cccc(Br)c2)[n+]1-c1ccccc1)NN=Cc1cc(Br)ccc1[O-]. The van der Waals surface area contributed by atoms with Crippen molar-refractivity contribution in [2.45, 2.75) is 5.16 Å². The van der Waals surface area contributed by atoms with E-state index in [0.717, 1.165) is 26.0 Å². The standard InChI is InChI=1S/C23H17Br2N5O2S/c24-17-6-4-5-15(11-17)22-28-29-23(30(22)19-7-2-1-3-8-19)33-14-21(32)27-26-13-16-12-18(25)9-10-20(16)31/h1-13H,14H2,(H2,26,27,31,32). The first-order chi connectivity index (χ1) is 16.0. The molecule has 0 fully saturated rings. The third-order valence-corrected chi connectivity index (χ3v) is 6.41. The number of nitrogens with one attached hydrogen (secondary N) is 2. The predicted octanol–water partition coefficient (Wildman–Crippen LogP) is 4.19. The molecule has 0 radical (unpaired) electrons. The molecule has 0 saturated heterocycles. The van der Waals surface area contributed by atoms with E-state index < -0.39 is 0 Å². The lowest BCUT2D eigenvalue weighted by Crippen LogP contribution is -2.34. The van der Waals surface area contributed by atoms with Crippen molar-refractivity contribution in [2.75, 3.05) is 5.75 Å². The van der Waals surface area contributed by atoms with Gasteiger partial charge < -0.3 is 5.11 Å². The van der Waals surface area contributed by atoms with Gasteiger partial charge in [-0.1, -0.05) is 67.9 Å². The van der Waals surface area contributed by atoms with Crippen LogP contribution in [0.3, 0.4) is 0 Å². The first-order valence-electron chi connectivity index (χ1n) is 9.74. The van der Waals surface area contributed by atoms with Crippen LogP contribution in [-0.4, -0.2) is 28.1 Å². The molecule has 1 heterocycles. The highest BCUT2D eigenvalue weighted by atomic mass is 79.9. The van der Waals surface area contributed by atoms with Crippen molar-refractivity contribution in [3.8, 4) is 22.8 Å². The van der Waals surface area contributed by atoms with Crippen molar-refractivity contribution < 1.29 is 14.5 Å². The second kappa shape index (κ2) is 10.8. The smallest absolute Gasteiger partial charge is 0.342 e. The van der Waals surface area contributed by atoms with Gasteiger partial charge in [0.05, 0.1) is 22.6 Å². The van der Waals surface area contributed by atoms with E-state index in [1.165, 1.54) is 24.0 Å². The van der Waals surface area contributed by atoms with Crippen LogP contribution in [0.4, 0.5) is 0 Å². The van der Waals surface area contributed by atoms with Gasteiger partial charge in [-0.15, -0.1) is 5.10 Å². The van der Waals surface area contributed by atoms with Gasteiger partial charge in [-0.2, -0.15) is 9.67 Å². The molecule has 3 aromatic carbocycles. The number of aromatic nitrogens is 3. The van der Waals surface area contributed by atoms with Gasteiger partial charge >= 0.3 is 5.16 Å². The molecule has 0 bridgehead atoms. The fraction of sp³-hybridized carbons (Fsp3) is 0.0435. The van der Waals surface area contributed by atoms with Gasteiger partial charge in [-0.05, 0) is 59.8 Å². The summed E-state index contributed by atoms with van der Waals surface area (Å²) in [6, 6.07) is 22.4. The molecule has 0 saturated carbocycles. The van der Waals surface area contributed by atoms with E-state index in [9.17, 15) is 9.90 Å². The van der Waals surface area contributed by atoms with Crippen molar-refractivity contribution >= 4 is 55.7 Å². The number of hydrogen-bond donors (Lipinski definition) is 2. The van der Waals surface area contributed by atoms with Gasteiger partial charge in [0.2, 0.25) is 0 Å². The zero-order valence-electron chi connectivity index (χ0n) is 17.0. The number of rotatable bonds is 7. The summed E-state index contributed by atoms with van der Waals surface area (Å²) in [7, 11) is 0. The number of H-pyrrole nitrogens is 1. The first-order valence-corrected chi connectivity index (χ1v) is 12.3. The predicted molar refractivity (Wildman–Crippen MR) is 133 cm³/mol. The van der Waals surface area contributed by atoms with Crippen LogP contribution in [-0.2, 0) is 4.79 Å². The van der Waals surface area contributed by atoms with E-state index in [2.05, 4.69) is 52.6 Å². The van der Waals surface area contributed by atoms with Crippen molar-refractivity contribution in [2.24, 2.45) is 5.10 Å². The Morgan fingerprint density at radius 2 is 1.88 bits per heavy atom. The summed E-state index contributed by atoms with van der Waals surface area (Å²) in [5.74, 6) is 0.396. The minimum Gasteiger partial charge on any atom is -0.872 e. The van der Waals surface area contributed by atoms with E-state index in [1.807, 2.05) is 59.2 Å². The number of carbonyl (C=O) groups excluding carboxylic acids is 1. The fourth-order valence-electron chi connectivity index (χ4n) is 3.00. The summed E-state index contributed by atoms with van der Waals surface area (Å²) in [4.78, 5) is 12.3. The Balaban J connectivity index is 1.50. The van der Waals surface area contributed by atoms with Crippen LogP contribution in [0.2, 0.25) is 0 Å². The molecular formula is C23H17Br2N5O2S. The summed E-state index contributed by atoms with van der Waals surface area (Å²) < 4.78 is 3.68. The average Bonchev–Trinajstić information content (AvgIpc) is 3.24. The molecule has 10 heteroatoms. The highest BCUT2D eigenvalue weighted by Crippen LogP contribution is 2.23. The maximum Gasteiger partial charge on any atom is 0.342 e. The molecule has 0 atom stereocenters. The minimum absolute atomic E-state index is 0.0929. The molecule has 0 aliphatic carbocycles. The molecule has 0 unspecified atom stereocenters. The van der Waals surface area contributed by atoms with Crippen LogP contribution in [0.1, 0.15) is 5.56 Å². The summed E-state index contributed by atoms with van der Waals surface area (Å²) >= 11 is 8.09. The zero-order valence-corrected chi connectivity index (χ0v) is 21.0. The van der Waals surface area contributed by atoms with Gasteiger partial charge in [0, 0.05) is 8.95 Å². The molecule has 2 N–H and O–H groups in total. The average molecular weight is 587 g/mol. The van der Waals surface area contributed by atoms with Gasteiger partial charge in [0.15, 0.2) is 0 Å². The minimum atomic E-state index is -0.315. The molecule has 1 amide bonds. The largest absolute Gasteiger partial charge is 0.872 e. The van der Waals surface area contributed by atoms with Gasteiger partial charge in [-0.25, -0.2) is 5.43 Å². The number of hydrogen-bond acceptors (Lipinski definition) is 5. The van der Waals surface area contributed by atoms with Crippen LogP contribution in [0.15, 0.2) is 92.0 Å². The molecule has 0 aliphatic heterocycles. The van der Waals surface area contributed by atoms with Crippen LogP contribution >= 0.6 is 43.6 Å². The summed E-state index contributed by atoms with van der Waals surface area (Å²) in [5, 5.41) is 23.9. The lowest BCUT2D eigenvalue weighted by atomic mass is 10.2. The molecular weight excluding hydrogens is 570 g/mol. The Bertz CT molecular complexity index is 1310. The quantitative estimate of drug-likeness (QED) is 0.147. The molecule has 7 nitrogen and oxygen atoms in total. The second-order valence-corrected chi connectivity index (χ2v) is 9.57. The number of para-hydroxylation sites is 1. The second-order valence-electron chi connectivity index (χ2n) is 6.80. The molecule has 0 spiro atoms. The van der Waals surface area contributed by atoms with Crippen molar-refractivity contribution in [1.29, 1.82) is 0 Å². The third-order valence-electron chi connectivity index (χ3n) is 4.48. The van der Waals surface area contributed by atoms with Crippen molar-refractivity contribution in [3.63, 3.8) is 0 Å². The third kappa shape index (κ3) is 5.89. The van der Waals surface area contributed by atoms with Gasteiger partial charge in [-0.3, -0.25) is 4.79 Å².